The standard InChI is InChI=1S/C24H25FN6/c1-16-22(18-3-7-19(25)8-4-18)23(26)31-24(28-16)21(15-27-31)17-5-9-20(10-6-17)30-13-11-29(2)12-14-30/h3-10,15H,11-14,26H2,1-2H3. The maximum absolute atomic E-state index is 13.3. The summed E-state index contributed by atoms with van der Waals surface area (Å²) in [6, 6.07) is 14.8. The highest BCUT2D eigenvalue weighted by Gasteiger charge is 2.18. The molecule has 0 spiro atoms. The Morgan fingerprint density at radius 2 is 1.55 bits per heavy atom. The SMILES string of the molecule is Cc1nc2c(-c3ccc(N4CCN(C)CC4)cc3)cnn2c(N)c1-c1ccc(F)cc1. The topological polar surface area (TPSA) is 62.7 Å². The summed E-state index contributed by atoms with van der Waals surface area (Å²) in [5, 5.41) is 4.50. The van der Waals surface area contributed by atoms with Crippen molar-refractivity contribution in [3.63, 3.8) is 0 Å². The second-order valence-electron chi connectivity index (χ2n) is 8.10. The molecule has 7 heteroatoms. The highest BCUT2D eigenvalue weighted by Crippen LogP contribution is 2.33. The van der Waals surface area contributed by atoms with Gasteiger partial charge in [-0.3, -0.25) is 0 Å². The first kappa shape index (κ1) is 19.5. The number of benzene rings is 2. The van der Waals surface area contributed by atoms with E-state index in [1.54, 1.807) is 22.8 Å². The molecule has 0 unspecified atom stereocenters. The Hall–Kier alpha value is -3.45. The minimum atomic E-state index is -0.282. The van der Waals surface area contributed by atoms with Crippen LogP contribution in [0.5, 0.6) is 0 Å². The zero-order valence-electron chi connectivity index (χ0n) is 17.7. The van der Waals surface area contributed by atoms with Crippen molar-refractivity contribution in [2.45, 2.75) is 6.92 Å². The van der Waals surface area contributed by atoms with E-state index in [1.165, 1.54) is 17.8 Å². The fraction of sp³-hybridized carbons (Fsp3) is 0.250. The van der Waals surface area contributed by atoms with E-state index in [2.05, 4.69) is 46.2 Å². The lowest BCUT2D eigenvalue weighted by atomic mass is 10.0. The van der Waals surface area contributed by atoms with Crippen LogP contribution in [-0.4, -0.2) is 52.7 Å². The van der Waals surface area contributed by atoms with Crippen molar-refractivity contribution >= 4 is 17.2 Å². The number of fused-ring (bicyclic) bond motifs is 1. The molecule has 4 aromatic rings. The summed E-state index contributed by atoms with van der Waals surface area (Å²) < 4.78 is 15.0. The summed E-state index contributed by atoms with van der Waals surface area (Å²) in [6.45, 7) is 6.15. The van der Waals surface area contributed by atoms with Gasteiger partial charge in [-0.1, -0.05) is 24.3 Å². The smallest absolute Gasteiger partial charge is 0.165 e. The Balaban J connectivity index is 1.51. The molecular formula is C24H25FN6. The lowest BCUT2D eigenvalue weighted by Crippen LogP contribution is -2.44. The van der Waals surface area contributed by atoms with Crippen LogP contribution in [0.2, 0.25) is 0 Å². The molecule has 3 heterocycles. The highest BCUT2D eigenvalue weighted by molar-refractivity contribution is 5.84. The van der Waals surface area contributed by atoms with E-state index in [4.69, 9.17) is 10.7 Å². The van der Waals surface area contributed by atoms with Crippen molar-refractivity contribution in [3.8, 4) is 22.3 Å². The monoisotopic (exact) mass is 416 g/mol. The number of nitrogens with zero attached hydrogens (tertiary/aromatic N) is 5. The van der Waals surface area contributed by atoms with Gasteiger partial charge in [-0.15, -0.1) is 0 Å². The van der Waals surface area contributed by atoms with Gasteiger partial charge in [-0.25, -0.2) is 9.37 Å². The zero-order chi connectivity index (χ0) is 21.5. The largest absolute Gasteiger partial charge is 0.383 e. The normalized spacial score (nSPS) is 15.0. The second-order valence-corrected chi connectivity index (χ2v) is 8.10. The third-order valence-corrected chi connectivity index (χ3v) is 6.04. The molecule has 2 aromatic heterocycles. The number of rotatable bonds is 3. The van der Waals surface area contributed by atoms with Crippen LogP contribution in [0.25, 0.3) is 27.9 Å². The fourth-order valence-electron chi connectivity index (χ4n) is 4.23. The number of aromatic nitrogens is 3. The van der Waals surface area contributed by atoms with Gasteiger partial charge < -0.3 is 15.5 Å². The molecule has 2 N–H and O–H groups in total. The lowest BCUT2D eigenvalue weighted by Gasteiger charge is -2.34. The minimum Gasteiger partial charge on any atom is -0.383 e. The third-order valence-electron chi connectivity index (χ3n) is 6.04. The first-order chi connectivity index (χ1) is 15.0. The molecule has 1 fully saturated rings. The van der Waals surface area contributed by atoms with E-state index < -0.39 is 0 Å². The van der Waals surface area contributed by atoms with E-state index in [9.17, 15) is 4.39 Å². The van der Waals surface area contributed by atoms with Crippen LogP contribution < -0.4 is 10.6 Å². The molecule has 1 saturated heterocycles. The molecule has 0 atom stereocenters. The average Bonchev–Trinajstić information content (AvgIpc) is 3.20. The molecule has 0 saturated carbocycles. The first-order valence-corrected chi connectivity index (χ1v) is 10.4. The maximum Gasteiger partial charge on any atom is 0.165 e. The third kappa shape index (κ3) is 3.51. The number of piperazine rings is 1. The van der Waals surface area contributed by atoms with Gasteiger partial charge in [0.15, 0.2) is 5.65 Å². The lowest BCUT2D eigenvalue weighted by molar-refractivity contribution is 0.313. The quantitative estimate of drug-likeness (QED) is 0.550. The molecule has 158 valence electrons. The van der Waals surface area contributed by atoms with Gasteiger partial charge in [-0.2, -0.15) is 9.61 Å². The molecule has 0 radical (unpaired) electrons. The second kappa shape index (κ2) is 7.67. The molecule has 1 aliphatic heterocycles. The number of halogens is 1. The molecule has 0 aliphatic carbocycles. The minimum absolute atomic E-state index is 0.282. The number of nitrogens with two attached hydrogens (primary N) is 1. The molecule has 2 aromatic carbocycles. The Kier molecular flexibility index (Phi) is 4.82. The van der Waals surface area contributed by atoms with Gasteiger partial charge in [0.05, 0.1) is 11.9 Å². The van der Waals surface area contributed by atoms with Gasteiger partial charge in [-0.05, 0) is 49.4 Å². The number of likely N-dealkylation sites (N-methyl/N-ethyl adjacent to an activating group) is 1. The molecule has 31 heavy (non-hydrogen) atoms. The van der Waals surface area contributed by atoms with Crippen molar-refractivity contribution in [2.24, 2.45) is 0 Å². The summed E-state index contributed by atoms with van der Waals surface area (Å²) in [7, 11) is 2.16. The van der Waals surface area contributed by atoms with Gasteiger partial charge >= 0.3 is 0 Å². The predicted octanol–water partition coefficient (Wildman–Crippen LogP) is 3.84. The Labute approximate surface area is 180 Å². The Morgan fingerprint density at radius 1 is 0.903 bits per heavy atom. The maximum atomic E-state index is 13.3. The van der Waals surface area contributed by atoms with Crippen LogP contribution in [0.4, 0.5) is 15.9 Å². The number of anilines is 2. The summed E-state index contributed by atoms with van der Waals surface area (Å²) >= 11 is 0. The highest BCUT2D eigenvalue weighted by atomic mass is 19.1. The zero-order valence-corrected chi connectivity index (χ0v) is 17.7. The van der Waals surface area contributed by atoms with Gasteiger partial charge in [0.25, 0.3) is 0 Å². The Morgan fingerprint density at radius 3 is 2.23 bits per heavy atom. The number of hydrogen-bond donors (Lipinski definition) is 1. The van der Waals surface area contributed by atoms with Crippen molar-refractivity contribution < 1.29 is 4.39 Å². The van der Waals surface area contributed by atoms with E-state index in [1.807, 2.05) is 6.92 Å². The number of hydrogen-bond acceptors (Lipinski definition) is 5. The van der Waals surface area contributed by atoms with E-state index in [0.717, 1.165) is 54.1 Å². The van der Waals surface area contributed by atoms with Gasteiger partial charge in [0.1, 0.15) is 11.6 Å². The number of aryl methyl sites for hydroxylation is 1. The molecule has 6 nitrogen and oxygen atoms in total. The van der Waals surface area contributed by atoms with Crippen LogP contribution in [0, 0.1) is 12.7 Å². The molecule has 0 amide bonds. The van der Waals surface area contributed by atoms with E-state index >= 15 is 0 Å². The predicted molar refractivity (Wildman–Crippen MR) is 123 cm³/mol. The summed E-state index contributed by atoms with van der Waals surface area (Å²) in [4.78, 5) is 9.56. The molecular weight excluding hydrogens is 391 g/mol. The van der Waals surface area contributed by atoms with Crippen LogP contribution in [0.15, 0.2) is 54.7 Å². The fourth-order valence-corrected chi connectivity index (χ4v) is 4.23. The first-order valence-electron chi connectivity index (χ1n) is 10.4. The van der Waals surface area contributed by atoms with Gasteiger partial charge in [0, 0.05) is 43.0 Å². The van der Waals surface area contributed by atoms with Crippen LogP contribution >= 0.6 is 0 Å². The summed E-state index contributed by atoms with van der Waals surface area (Å²) in [6.07, 6.45) is 1.80. The van der Waals surface area contributed by atoms with Crippen molar-refractivity contribution in [1.82, 2.24) is 19.5 Å². The van der Waals surface area contributed by atoms with E-state index in [-0.39, 0.29) is 5.82 Å². The molecule has 1 aliphatic rings. The molecule has 0 bridgehead atoms. The van der Waals surface area contributed by atoms with Crippen molar-refractivity contribution in [2.75, 3.05) is 43.9 Å². The van der Waals surface area contributed by atoms with Crippen molar-refractivity contribution in [1.29, 1.82) is 0 Å². The van der Waals surface area contributed by atoms with Crippen LogP contribution in [-0.2, 0) is 0 Å². The number of nitrogen functional groups attached to an aromatic ring is 1. The van der Waals surface area contributed by atoms with Crippen LogP contribution in [0.1, 0.15) is 5.69 Å². The summed E-state index contributed by atoms with van der Waals surface area (Å²) in [5.74, 6) is 0.213. The Bertz CT molecular complexity index is 1220. The van der Waals surface area contributed by atoms with Crippen LogP contribution in [0.3, 0.4) is 0 Å². The summed E-state index contributed by atoms with van der Waals surface area (Å²) in [5.41, 5.74) is 12.8. The molecule has 5 rings (SSSR count). The van der Waals surface area contributed by atoms with Crippen molar-refractivity contribution in [3.05, 3.63) is 66.2 Å². The van der Waals surface area contributed by atoms with Gasteiger partial charge in [0.2, 0.25) is 0 Å². The average molecular weight is 417 g/mol. The van der Waals surface area contributed by atoms with E-state index in [0.29, 0.717) is 11.5 Å².